The van der Waals surface area contributed by atoms with Crippen LogP contribution in [0.25, 0.3) is 5.57 Å². The number of carbonyl (C=O) groups excluding carboxylic acids is 1. The Balaban J connectivity index is 2.36. The molecule has 3 rings (SSSR count). The van der Waals surface area contributed by atoms with Crippen molar-refractivity contribution < 1.29 is 4.79 Å². The van der Waals surface area contributed by atoms with Crippen molar-refractivity contribution in [2.24, 2.45) is 10.8 Å². The van der Waals surface area contributed by atoms with Crippen molar-refractivity contribution in [2.75, 3.05) is 0 Å². The van der Waals surface area contributed by atoms with Crippen LogP contribution in [0.4, 0.5) is 0 Å². The van der Waals surface area contributed by atoms with E-state index in [2.05, 4.69) is 103 Å². The van der Waals surface area contributed by atoms with Crippen molar-refractivity contribution in [1.82, 2.24) is 0 Å². The molecule has 0 spiro atoms. The first-order valence-corrected chi connectivity index (χ1v) is 11.2. The van der Waals surface area contributed by atoms with Crippen LogP contribution in [0.15, 0.2) is 71.3 Å². The van der Waals surface area contributed by atoms with Gasteiger partial charge in [-0.3, -0.25) is 4.79 Å². The third-order valence-electron chi connectivity index (χ3n) is 5.31. The first-order chi connectivity index (χ1) is 13.5. The van der Waals surface area contributed by atoms with E-state index in [1.807, 2.05) is 11.3 Å². The number of ketones is 1. The maximum Gasteiger partial charge on any atom is 0.186 e. The Morgan fingerprint density at radius 1 is 0.828 bits per heavy atom. The van der Waals surface area contributed by atoms with Gasteiger partial charge in [-0.15, -0.1) is 11.3 Å². The largest absolute Gasteiger partial charge is 0.289 e. The molecule has 0 aliphatic heterocycles. The third-order valence-corrected chi connectivity index (χ3v) is 6.56. The summed E-state index contributed by atoms with van der Waals surface area (Å²) in [6, 6.07) is 15.0. The predicted molar refractivity (Wildman–Crippen MR) is 126 cm³/mol. The zero-order valence-corrected chi connectivity index (χ0v) is 19.5. The summed E-state index contributed by atoms with van der Waals surface area (Å²) in [5.74, 6) is 0.182. The van der Waals surface area contributed by atoms with Gasteiger partial charge in [-0.2, -0.15) is 0 Å². The average molecular weight is 405 g/mol. The first kappa shape index (κ1) is 21.5. The second-order valence-corrected chi connectivity index (χ2v) is 10.9. The molecular formula is C27H32OS. The van der Waals surface area contributed by atoms with Gasteiger partial charge in [0.05, 0.1) is 0 Å². The minimum absolute atomic E-state index is 0.182. The van der Waals surface area contributed by atoms with E-state index < -0.39 is 0 Å². The fourth-order valence-corrected chi connectivity index (χ4v) is 4.68. The van der Waals surface area contributed by atoms with Crippen LogP contribution in [0.2, 0.25) is 0 Å². The standard InChI is InChI=1S/C27H32OS/c1-8-20-14-15-23(29-20)24(18-12-10-9-11-13-18)19-16-21(26(2,3)4)25(28)22(17-19)27(5,6)7/h9-17H,8H2,1-7H3. The topological polar surface area (TPSA) is 17.1 Å². The van der Waals surface area contributed by atoms with Crippen LogP contribution >= 0.6 is 11.3 Å². The molecular weight excluding hydrogens is 372 g/mol. The fraction of sp³-hybridized carbons (Fsp3) is 0.370. The Morgan fingerprint density at radius 2 is 1.38 bits per heavy atom. The molecule has 0 fully saturated rings. The Kier molecular flexibility index (Phi) is 5.87. The van der Waals surface area contributed by atoms with Crippen LogP contribution in [-0.4, -0.2) is 5.78 Å². The van der Waals surface area contributed by atoms with Crippen molar-refractivity contribution >= 4 is 22.7 Å². The molecule has 0 saturated heterocycles. The summed E-state index contributed by atoms with van der Waals surface area (Å²) in [5, 5.41) is 0. The van der Waals surface area contributed by atoms with Gasteiger partial charge in [-0.05, 0) is 52.7 Å². The zero-order chi connectivity index (χ0) is 21.4. The monoisotopic (exact) mass is 404 g/mol. The summed E-state index contributed by atoms with van der Waals surface area (Å²) < 4.78 is 0. The van der Waals surface area contributed by atoms with Crippen LogP contribution in [-0.2, 0) is 11.2 Å². The van der Waals surface area contributed by atoms with Crippen LogP contribution in [0.5, 0.6) is 0 Å². The van der Waals surface area contributed by atoms with E-state index in [-0.39, 0.29) is 16.6 Å². The van der Waals surface area contributed by atoms with Gasteiger partial charge >= 0.3 is 0 Å². The number of hydrogen-bond donors (Lipinski definition) is 0. The van der Waals surface area contributed by atoms with Gasteiger partial charge < -0.3 is 0 Å². The molecule has 0 N–H and O–H groups in total. The summed E-state index contributed by atoms with van der Waals surface area (Å²) >= 11 is 1.85. The lowest BCUT2D eigenvalue weighted by Gasteiger charge is -2.32. The lowest BCUT2D eigenvalue weighted by Crippen LogP contribution is -2.28. The molecule has 1 nitrogen and oxygen atoms in total. The Morgan fingerprint density at radius 3 is 1.83 bits per heavy atom. The van der Waals surface area contributed by atoms with E-state index in [1.165, 1.54) is 20.9 Å². The molecule has 0 atom stereocenters. The molecule has 152 valence electrons. The molecule has 0 saturated carbocycles. The SMILES string of the molecule is CCc1ccc(C(=C2C=C(C(C)(C)C)C(=O)C(C(C)(C)C)=C2)c2ccccc2)s1. The second-order valence-electron chi connectivity index (χ2n) is 9.76. The van der Waals surface area contributed by atoms with Crippen LogP contribution < -0.4 is 0 Å². The fourth-order valence-electron chi connectivity index (χ4n) is 3.65. The molecule has 0 amide bonds. The summed E-state index contributed by atoms with van der Waals surface area (Å²) in [7, 11) is 0. The molecule has 1 aliphatic carbocycles. The minimum atomic E-state index is -0.209. The number of hydrogen-bond acceptors (Lipinski definition) is 2. The van der Waals surface area contributed by atoms with E-state index in [9.17, 15) is 4.79 Å². The van der Waals surface area contributed by atoms with Crippen LogP contribution in [0.1, 0.15) is 63.8 Å². The van der Waals surface area contributed by atoms with E-state index >= 15 is 0 Å². The van der Waals surface area contributed by atoms with Crippen molar-refractivity contribution in [2.45, 2.75) is 54.9 Å². The van der Waals surface area contributed by atoms with Crippen molar-refractivity contribution in [3.63, 3.8) is 0 Å². The summed E-state index contributed by atoms with van der Waals surface area (Å²) in [5.41, 5.74) is 4.90. The highest BCUT2D eigenvalue weighted by Crippen LogP contribution is 2.42. The highest BCUT2D eigenvalue weighted by Gasteiger charge is 2.34. The van der Waals surface area contributed by atoms with Gasteiger partial charge in [-0.1, -0.05) is 78.8 Å². The Labute approximate surface area is 179 Å². The molecule has 2 heteroatoms. The summed E-state index contributed by atoms with van der Waals surface area (Å²) in [6.45, 7) is 15.0. The van der Waals surface area contributed by atoms with E-state index in [0.717, 1.165) is 23.1 Å². The molecule has 0 bridgehead atoms. The quantitative estimate of drug-likeness (QED) is 0.513. The number of carbonyl (C=O) groups is 1. The Bertz CT molecular complexity index is 963. The van der Waals surface area contributed by atoms with Crippen molar-refractivity contribution in [3.05, 3.63) is 86.7 Å². The molecule has 2 aromatic rings. The molecule has 0 unspecified atom stereocenters. The normalized spacial score (nSPS) is 15.3. The highest BCUT2D eigenvalue weighted by molar-refractivity contribution is 7.13. The predicted octanol–water partition coefficient (Wildman–Crippen LogP) is 7.64. The molecule has 1 aliphatic rings. The van der Waals surface area contributed by atoms with Gasteiger partial charge in [0.15, 0.2) is 5.78 Å². The number of rotatable bonds is 3. The summed E-state index contributed by atoms with van der Waals surface area (Å²) in [6.07, 6.45) is 5.29. The maximum atomic E-state index is 13.4. The van der Waals surface area contributed by atoms with Crippen LogP contribution in [0.3, 0.4) is 0 Å². The number of aryl methyl sites for hydroxylation is 1. The first-order valence-electron chi connectivity index (χ1n) is 10.4. The minimum Gasteiger partial charge on any atom is -0.289 e. The van der Waals surface area contributed by atoms with Crippen molar-refractivity contribution in [1.29, 1.82) is 0 Å². The molecule has 0 radical (unpaired) electrons. The second kappa shape index (κ2) is 7.91. The average Bonchev–Trinajstić information content (AvgIpc) is 3.10. The number of allylic oxidation sites excluding steroid dienone is 5. The van der Waals surface area contributed by atoms with E-state index in [1.54, 1.807) is 0 Å². The van der Waals surface area contributed by atoms with Gasteiger partial charge in [0, 0.05) is 26.5 Å². The summed E-state index contributed by atoms with van der Waals surface area (Å²) in [4.78, 5) is 16.0. The third kappa shape index (κ3) is 4.53. The number of thiophene rings is 1. The van der Waals surface area contributed by atoms with Gasteiger partial charge in [0.25, 0.3) is 0 Å². The molecule has 1 heterocycles. The van der Waals surface area contributed by atoms with Gasteiger partial charge in [0.1, 0.15) is 0 Å². The molecule has 29 heavy (non-hydrogen) atoms. The molecule has 1 aromatic heterocycles. The molecule has 1 aromatic carbocycles. The maximum absolute atomic E-state index is 13.4. The Hall–Kier alpha value is -2.19. The van der Waals surface area contributed by atoms with E-state index in [0.29, 0.717) is 0 Å². The zero-order valence-electron chi connectivity index (χ0n) is 18.7. The lowest BCUT2D eigenvalue weighted by molar-refractivity contribution is -0.114. The van der Waals surface area contributed by atoms with Crippen molar-refractivity contribution in [3.8, 4) is 0 Å². The smallest absolute Gasteiger partial charge is 0.186 e. The number of benzene rings is 1. The van der Waals surface area contributed by atoms with Gasteiger partial charge in [-0.25, -0.2) is 0 Å². The van der Waals surface area contributed by atoms with E-state index in [4.69, 9.17) is 0 Å². The van der Waals surface area contributed by atoms with Gasteiger partial charge in [0.2, 0.25) is 0 Å². The lowest BCUT2D eigenvalue weighted by atomic mass is 9.71. The van der Waals surface area contributed by atoms with Crippen LogP contribution in [0, 0.1) is 10.8 Å². The highest BCUT2D eigenvalue weighted by atomic mass is 32.1. The number of Topliss-reactive ketones (excluding diaryl/α,β-unsaturated/α-hetero) is 1.